The van der Waals surface area contributed by atoms with Crippen LogP contribution in [0.3, 0.4) is 0 Å². The van der Waals surface area contributed by atoms with E-state index in [1.54, 1.807) is 7.11 Å². The smallest absolute Gasteiger partial charge is 0.314 e. The molecule has 0 unspecified atom stereocenters. The molecule has 10 heteroatoms. The van der Waals surface area contributed by atoms with Crippen LogP contribution in [0.15, 0.2) is 58.8 Å². The Morgan fingerprint density at radius 3 is 1.51 bits per heavy atom. The molecule has 0 fully saturated rings. The van der Waals surface area contributed by atoms with E-state index in [2.05, 4.69) is 50.2 Å². The number of methoxy groups -OCH3 is 1. The Morgan fingerprint density at radius 2 is 1.07 bits per heavy atom. The molecule has 2 aromatic rings. The molecule has 0 saturated carbocycles. The standard InChI is InChI=1S/C31H49N7O3/c1-4-6-8-10-20-32-30(39)34-22-24-38(25-23-35-31(40)33-21-11-9-7-5-2)28-16-12-26(13-17-28)36-37-27-14-18-29(41-3)19-15-27/h12-19H,4-11,20-25H2,1-3H3,(H2,32,34,39)(H2,33,35,40). The number of rotatable bonds is 20. The number of ether oxygens (including phenoxy) is 1. The molecule has 226 valence electrons. The molecular weight excluding hydrogens is 518 g/mol. The Kier molecular flexibility index (Phi) is 17.1. The fraction of sp³-hybridized carbons (Fsp3) is 0.548. The minimum atomic E-state index is -0.156. The number of amides is 4. The summed E-state index contributed by atoms with van der Waals surface area (Å²) < 4.78 is 5.18. The first-order chi connectivity index (χ1) is 20.0. The highest BCUT2D eigenvalue weighted by atomic mass is 16.5. The fourth-order valence-electron chi connectivity index (χ4n) is 4.11. The van der Waals surface area contributed by atoms with Crippen molar-refractivity contribution >= 4 is 29.1 Å². The average Bonchev–Trinajstić information content (AvgIpc) is 2.99. The van der Waals surface area contributed by atoms with Crippen LogP contribution in [0.2, 0.25) is 0 Å². The highest BCUT2D eigenvalue weighted by Gasteiger charge is 2.09. The molecule has 10 nitrogen and oxygen atoms in total. The molecule has 0 atom stereocenters. The lowest BCUT2D eigenvalue weighted by molar-refractivity contribution is 0.240. The van der Waals surface area contributed by atoms with Crippen molar-refractivity contribution in [2.75, 3.05) is 51.3 Å². The van der Waals surface area contributed by atoms with Gasteiger partial charge in [-0.1, -0.05) is 52.4 Å². The Bertz CT molecular complexity index is 981. The Hall–Kier alpha value is -3.82. The van der Waals surface area contributed by atoms with Crippen LogP contribution in [-0.2, 0) is 0 Å². The minimum absolute atomic E-state index is 0.156. The SMILES string of the molecule is CCCCCCNC(=O)NCCN(CCNC(=O)NCCCCCC)c1ccc(N=Nc2ccc(OC)cc2)cc1. The predicted molar refractivity (Wildman–Crippen MR) is 167 cm³/mol. The largest absolute Gasteiger partial charge is 0.497 e. The van der Waals surface area contributed by atoms with Crippen molar-refractivity contribution in [3.8, 4) is 5.75 Å². The molecule has 2 rings (SSSR count). The summed E-state index contributed by atoms with van der Waals surface area (Å²) in [5.41, 5.74) is 2.43. The zero-order valence-corrected chi connectivity index (χ0v) is 25.1. The summed E-state index contributed by atoms with van der Waals surface area (Å²) in [4.78, 5) is 26.5. The van der Waals surface area contributed by atoms with E-state index in [1.165, 1.54) is 25.7 Å². The Morgan fingerprint density at radius 1 is 0.634 bits per heavy atom. The van der Waals surface area contributed by atoms with Gasteiger partial charge in [-0.05, 0) is 61.4 Å². The van der Waals surface area contributed by atoms with Gasteiger partial charge in [0.2, 0.25) is 0 Å². The van der Waals surface area contributed by atoms with Gasteiger partial charge in [-0.15, -0.1) is 0 Å². The Labute approximate surface area is 245 Å². The van der Waals surface area contributed by atoms with Crippen molar-refractivity contribution in [3.05, 3.63) is 48.5 Å². The van der Waals surface area contributed by atoms with Crippen molar-refractivity contribution in [2.45, 2.75) is 65.2 Å². The highest BCUT2D eigenvalue weighted by Crippen LogP contribution is 2.23. The molecule has 4 N–H and O–H groups in total. The summed E-state index contributed by atoms with van der Waals surface area (Å²) >= 11 is 0. The maximum absolute atomic E-state index is 12.2. The van der Waals surface area contributed by atoms with Crippen molar-refractivity contribution in [1.29, 1.82) is 0 Å². The fourth-order valence-corrected chi connectivity index (χ4v) is 4.11. The van der Waals surface area contributed by atoms with Crippen LogP contribution in [0.25, 0.3) is 0 Å². The quantitative estimate of drug-likeness (QED) is 0.105. The number of carbonyl (C=O) groups excluding carboxylic acids is 2. The number of hydrogen-bond donors (Lipinski definition) is 4. The third-order valence-electron chi connectivity index (χ3n) is 6.53. The van der Waals surface area contributed by atoms with E-state index in [9.17, 15) is 9.59 Å². The number of hydrogen-bond acceptors (Lipinski definition) is 6. The van der Waals surface area contributed by atoms with Gasteiger partial charge in [-0.2, -0.15) is 10.2 Å². The molecular formula is C31H49N7O3. The minimum Gasteiger partial charge on any atom is -0.497 e. The molecule has 0 aliphatic carbocycles. The lowest BCUT2D eigenvalue weighted by atomic mass is 10.2. The molecule has 0 aromatic heterocycles. The van der Waals surface area contributed by atoms with E-state index in [4.69, 9.17) is 4.74 Å². The van der Waals surface area contributed by atoms with Crippen molar-refractivity contribution < 1.29 is 14.3 Å². The van der Waals surface area contributed by atoms with Gasteiger partial charge in [0, 0.05) is 45.0 Å². The summed E-state index contributed by atoms with van der Waals surface area (Å²) in [6.07, 6.45) is 8.94. The summed E-state index contributed by atoms with van der Waals surface area (Å²) in [6.45, 7) is 7.84. The maximum atomic E-state index is 12.2. The van der Waals surface area contributed by atoms with Gasteiger partial charge in [-0.25, -0.2) is 9.59 Å². The van der Waals surface area contributed by atoms with Gasteiger partial charge >= 0.3 is 12.1 Å². The van der Waals surface area contributed by atoms with Crippen molar-refractivity contribution in [3.63, 3.8) is 0 Å². The molecule has 2 aromatic carbocycles. The second kappa shape index (κ2) is 21.0. The average molecular weight is 568 g/mol. The first kappa shape index (κ1) is 33.4. The molecule has 0 saturated heterocycles. The molecule has 0 spiro atoms. The lowest BCUT2D eigenvalue weighted by Crippen LogP contribution is -2.44. The number of urea groups is 2. The van der Waals surface area contributed by atoms with Crippen molar-refractivity contribution in [1.82, 2.24) is 21.3 Å². The number of nitrogens with one attached hydrogen (secondary N) is 4. The molecule has 0 bridgehead atoms. The van der Waals surface area contributed by atoms with Gasteiger partial charge < -0.3 is 30.9 Å². The number of nitrogens with zero attached hydrogens (tertiary/aromatic N) is 3. The normalized spacial score (nSPS) is 10.8. The second-order valence-corrected chi connectivity index (χ2v) is 9.89. The molecule has 41 heavy (non-hydrogen) atoms. The number of anilines is 1. The van der Waals surface area contributed by atoms with Crippen LogP contribution < -0.4 is 30.9 Å². The topological polar surface area (TPSA) is 119 Å². The van der Waals surface area contributed by atoms with Crippen LogP contribution in [0.5, 0.6) is 5.75 Å². The monoisotopic (exact) mass is 567 g/mol. The first-order valence-electron chi connectivity index (χ1n) is 15.0. The number of benzene rings is 2. The van der Waals surface area contributed by atoms with Gasteiger partial charge in [0.05, 0.1) is 18.5 Å². The van der Waals surface area contributed by atoms with Crippen LogP contribution in [0.4, 0.5) is 26.7 Å². The highest BCUT2D eigenvalue weighted by molar-refractivity contribution is 5.74. The zero-order valence-electron chi connectivity index (χ0n) is 25.1. The van der Waals surface area contributed by atoms with E-state index in [0.29, 0.717) is 39.3 Å². The summed E-state index contributed by atoms with van der Waals surface area (Å²) in [5.74, 6) is 0.770. The summed E-state index contributed by atoms with van der Waals surface area (Å²) in [7, 11) is 1.63. The Balaban J connectivity index is 1.90. The van der Waals surface area contributed by atoms with E-state index in [0.717, 1.165) is 48.5 Å². The molecule has 0 aliphatic rings. The molecule has 0 radical (unpaired) electrons. The van der Waals surface area contributed by atoms with Gasteiger partial charge in [-0.3, -0.25) is 0 Å². The van der Waals surface area contributed by atoms with Gasteiger partial charge in [0.15, 0.2) is 0 Å². The third kappa shape index (κ3) is 14.9. The van der Waals surface area contributed by atoms with Gasteiger partial charge in [0.25, 0.3) is 0 Å². The second-order valence-electron chi connectivity index (χ2n) is 9.89. The number of unbranched alkanes of at least 4 members (excludes halogenated alkanes) is 6. The van der Waals surface area contributed by atoms with Gasteiger partial charge in [0.1, 0.15) is 5.75 Å². The summed E-state index contributed by atoms with van der Waals surface area (Å²) in [5, 5.41) is 20.4. The van der Waals surface area contributed by atoms with Crippen LogP contribution >= 0.6 is 0 Å². The zero-order chi connectivity index (χ0) is 29.5. The lowest BCUT2D eigenvalue weighted by Gasteiger charge is -2.25. The van der Waals surface area contributed by atoms with E-state index in [1.807, 2.05) is 48.5 Å². The molecule has 0 heterocycles. The van der Waals surface area contributed by atoms with Crippen molar-refractivity contribution in [2.24, 2.45) is 10.2 Å². The third-order valence-corrected chi connectivity index (χ3v) is 6.53. The number of carbonyl (C=O) groups is 2. The molecule has 4 amide bonds. The molecule has 0 aliphatic heterocycles. The maximum Gasteiger partial charge on any atom is 0.314 e. The first-order valence-corrected chi connectivity index (χ1v) is 15.0. The van der Waals surface area contributed by atoms with E-state index < -0.39 is 0 Å². The van der Waals surface area contributed by atoms with Crippen LogP contribution in [0.1, 0.15) is 65.2 Å². The van der Waals surface area contributed by atoms with Crippen LogP contribution in [-0.4, -0.2) is 58.4 Å². The van der Waals surface area contributed by atoms with E-state index >= 15 is 0 Å². The van der Waals surface area contributed by atoms with E-state index in [-0.39, 0.29) is 12.1 Å². The predicted octanol–water partition coefficient (Wildman–Crippen LogP) is 6.68. The summed E-state index contributed by atoms with van der Waals surface area (Å²) in [6, 6.07) is 14.8. The van der Waals surface area contributed by atoms with Crippen LogP contribution in [0, 0.1) is 0 Å². The number of azo groups is 1.